The van der Waals surface area contributed by atoms with Gasteiger partial charge in [-0.3, -0.25) is 14.5 Å². The first-order valence-corrected chi connectivity index (χ1v) is 12.4. The van der Waals surface area contributed by atoms with Crippen LogP contribution < -0.4 is 19.1 Å². The fraction of sp³-hybridized carbons (Fsp3) is 0.214. The third kappa shape index (κ3) is 4.99. The number of ether oxygens (including phenoxy) is 3. The molecular formula is C28H26BrNO7. The van der Waals surface area contributed by atoms with Crippen molar-refractivity contribution in [1.82, 2.24) is 0 Å². The van der Waals surface area contributed by atoms with Crippen LogP contribution in [0.2, 0.25) is 0 Å². The number of ketones is 1. The number of halogens is 1. The number of Topliss-reactive ketones (excluding diaryl/α,β-unsaturated/α-hetero) is 1. The predicted molar refractivity (Wildman–Crippen MR) is 142 cm³/mol. The highest BCUT2D eigenvalue weighted by molar-refractivity contribution is 9.10. The van der Waals surface area contributed by atoms with Crippen LogP contribution in [0.4, 0.5) is 5.69 Å². The van der Waals surface area contributed by atoms with E-state index in [1.165, 1.54) is 18.1 Å². The summed E-state index contributed by atoms with van der Waals surface area (Å²) in [5.74, 6) is -0.815. The van der Waals surface area contributed by atoms with Crippen molar-refractivity contribution in [2.24, 2.45) is 0 Å². The van der Waals surface area contributed by atoms with Gasteiger partial charge in [0, 0.05) is 17.3 Å². The van der Waals surface area contributed by atoms with Crippen LogP contribution in [0.15, 0.2) is 70.7 Å². The molecule has 37 heavy (non-hydrogen) atoms. The molecule has 1 atom stereocenters. The molecule has 8 nitrogen and oxygen atoms in total. The Bertz CT molecular complexity index is 1380. The molecule has 0 spiro atoms. The number of phenolic OH excluding ortho intramolecular Hbond substituents is 1. The molecule has 0 radical (unpaired) electrons. The Labute approximate surface area is 222 Å². The summed E-state index contributed by atoms with van der Waals surface area (Å²) < 4.78 is 17.0. The second-order valence-electron chi connectivity index (χ2n) is 8.11. The number of aromatic hydroxyl groups is 1. The van der Waals surface area contributed by atoms with Crippen molar-refractivity contribution in [1.29, 1.82) is 0 Å². The normalized spacial score (nSPS) is 16.6. The number of hydrogen-bond donors (Lipinski definition) is 2. The molecule has 1 fully saturated rings. The Hall–Kier alpha value is -3.98. The summed E-state index contributed by atoms with van der Waals surface area (Å²) in [4.78, 5) is 28.2. The summed E-state index contributed by atoms with van der Waals surface area (Å²) in [6.45, 7) is 4.34. The lowest BCUT2D eigenvalue weighted by Crippen LogP contribution is -2.29. The highest BCUT2D eigenvalue weighted by atomic mass is 79.9. The molecule has 4 rings (SSSR count). The number of anilines is 1. The van der Waals surface area contributed by atoms with Gasteiger partial charge in [-0.15, -0.1) is 0 Å². The van der Waals surface area contributed by atoms with Crippen LogP contribution in [0, 0.1) is 0 Å². The molecule has 192 valence electrons. The number of carbonyl (C=O) groups is 2. The van der Waals surface area contributed by atoms with Crippen LogP contribution in [-0.2, 0) is 9.59 Å². The van der Waals surface area contributed by atoms with Gasteiger partial charge in [0.1, 0.15) is 17.3 Å². The maximum atomic E-state index is 13.4. The van der Waals surface area contributed by atoms with Crippen LogP contribution in [0.1, 0.15) is 31.0 Å². The van der Waals surface area contributed by atoms with E-state index < -0.39 is 17.7 Å². The summed E-state index contributed by atoms with van der Waals surface area (Å²) in [5.41, 5.74) is 1.11. The molecule has 0 saturated carbocycles. The third-order valence-electron chi connectivity index (χ3n) is 5.88. The molecular weight excluding hydrogens is 542 g/mol. The zero-order chi connectivity index (χ0) is 26.7. The van der Waals surface area contributed by atoms with E-state index in [0.29, 0.717) is 46.0 Å². The van der Waals surface area contributed by atoms with Crippen LogP contribution >= 0.6 is 15.9 Å². The average molecular weight is 568 g/mol. The Morgan fingerprint density at radius 3 is 2.41 bits per heavy atom. The summed E-state index contributed by atoms with van der Waals surface area (Å²) in [6, 6.07) is 15.3. The quantitative estimate of drug-likeness (QED) is 0.208. The Kier molecular flexibility index (Phi) is 7.73. The number of benzene rings is 3. The number of nitrogens with zero attached hydrogens (tertiary/aromatic N) is 1. The minimum Gasteiger partial charge on any atom is -0.507 e. The monoisotopic (exact) mass is 567 g/mol. The van der Waals surface area contributed by atoms with E-state index in [0.717, 1.165) is 0 Å². The first-order valence-electron chi connectivity index (χ1n) is 11.6. The molecule has 0 bridgehead atoms. The standard InChI is InChI=1S/C28H26BrNO7/c1-4-36-19-8-6-7-18(15-19)30-25(16-9-11-21(31)23(14-16)37-5-2)24(27(33)28(30)34)26(32)17-10-12-22(35-3)20(29)13-17/h6-15,25,31-32H,4-5H2,1-3H3/b26-24-. The van der Waals surface area contributed by atoms with E-state index >= 15 is 0 Å². The van der Waals surface area contributed by atoms with Crippen LogP contribution in [-0.4, -0.2) is 42.2 Å². The number of aliphatic hydroxyl groups excluding tert-OH is 1. The molecule has 3 aromatic carbocycles. The highest BCUT2D eigenvalue weighted by Crippen LogP contribution is 2.45. The molecule has 0 aromatic heterocycles. The minimum absolute atomic E-state index is 0.0834. The van der Waals surface area contributed by atoms with Gasteiger partial charge in [-0.05, 0) is 77.8 Å². The Morgan fingerprint density at radius 1 is 0.973 bits per heavy atom. The van der Waals surface area contributed by atoms with E-state index in [-0.39, 0.29) is 22.8 Å². The van der Waals surface area contributed by atoms with E-state index in [2.05, 4.69) is 15.9 Å². The molecule has 2 N–H and O–H groups in total. The number of hydrogen-bond acceptors (Lipinski definition) is 7. The van der Waals surface area contributed by atoms with Gasteiger partial charge >= 0.3 is 0 Å². The van der Waals surface area contributed by atoms with Gasteiger partial charge in [0.25, 0.3) is 11.7 Å². The predicted octanol–water partition coefficient (Wildman–Crippen LogP) is 5.59. The SMILES string of the molecule is CCOc1cccc(N2C(=O)C(=O)/C(=C(\O)c3ccc(OC)c(Br)c3)C2c2ccc(O)c(OCC)c2)c1. The van der Waals surface area contributed by atoms with Crippen molar-refractivity contribution >= 4 is 39.1 Å². The zero-order valence-corrected chi connectivity index (χ0v) is 22.1. The number of carbonyl (C=O) groups excluding carboxylic acids is 2. The number of methoxy groups -OCH3 is 1. The largest absolute Gasteiger partial charge is 0.507 e. The molecule has 0 aliphatic carbocycles. The maximum Gasteiger partial charge on any atom is 0.300 e. The van der Waals surface area contributed by atoms with Crippen LogP contribution in [0.3, 0.4) is 0 Å². The fourth-order valence-electron chi connectivity index (χ4n) is 4.25. The van der Waals surface area contributed by atoms with Crippen molar-refractivity contribution in [3.8, 4) is 23.0 Å². The van der Waals surface area contributed by atoms with E-state index in [1.807, 2.05) is 6.92 Å². The molecule has 1 aliphatic heterocycles. The van der Waals surface area contributed by atoms with E-state index in [9.17, 15) is 19.8 Å². The topological polar surface area (TPSA) is 106 Å². The molecule has 1 unspecified atom stereocenters. The number of amides is 1. The van der Waals surface area contributed by atoms with Crippen molar-refractivity contribution in [3.63, 3.8) is 0 Å². The Morgan fingerprint density at radius 2 is 1.73 bits per heavy atom. The lowest BCUT2D eigenvalue weighted by molar-refractivity contribution is -0.132. The van der Waals surface area contributed by atoms with Crippen molar-refractivity contribution in [2.75, 3.05) is 25.2 Å². The zero-order valence-electron chi connectivity index (χ0n) is 20.5. The minimum atomic E-state index is -1.00. The van der Waals surface area contributed by atoms with Gasteiger partial charge in [-0.2, -0.15) is 0 Å². The van der Waals surface area contributed by atoms with Crippen LogP contribution in [0.25, 0.3) is 5.76 Å². The van der Waals surface area contributed by atoms with Crippen molar-refractivity contribution in [2.45, 2.75) is 19.9 Å². The van der Waals surface area contributed by atoms with Gasteiger partial charge in [0.15, 0.2) is 11.5 Å². The molecule has 3 aromatic rings. The summed E-state index contributed by atoms with van der Waals surface area (Å²) >= 11 is 3.40. The first-order chi connectivity index (χ1) is 17.8. The van der Waals surface area contributed by atoms with Crippen LogP contribution in [0.5, 0.6) is 23.0 Å². The Balaban J connectivity index is 1.95. The number of phenols is 1. The lowest BCUT2D eigenvalue weighted by Gasteiger charge is -2.26. The number of rotatable bonds is 8. The van der Waals surface area contributed by atoms with E-state index in [1.54, 1.807) is 61.5 Å². The van der Waals surface area contributed by atoms with Gasteiger partial charge in [-0.1, -0.05) is 12.1 Å². The third-order valence-corrected chi connectivity index (χ3v) is 6.50. The lowest BCUT2D eigenvalue weighted by atomic mass is 9.94. The first kappa shape index (κ1) is 26.1. The van der Waals surface area contributed by atoms with Gasteiger partial charge in [0.05, 0.1) is 36.4 Å². The second-order valence-corrected chi connectivity index (χ2v) is 8.96. The van der Waals surface area contributed by atoms with Gasteiger partial charge in [0.2, 0.25) is 0 Å². The second kappa shape index (κ2) is 11.0. The van der Waals surface area contributed by atoms with Gasteiger partial charge in [-0.25, -0.2) is 0 Å². The molecule has 9 heteroatoms. The summed E-state index contributed by atoms with van der Waals surface area (Å²) in [7, 11) is 1.52. The highest BCUT2D eigenvalue weighted by Gasteiger charge is 2.47. The molecule has 1 saturated heterocycles. The number of aliphatic hydroxyl groups is 1. The smallest absolute Gasteiger partial charge is 0.300 e. The average Bonchev–Trinajstić information content (AvgIpc) is 3.15. The van der Waals surface area contributed by atoms with E-state index in [4.69, 9.17) is 14.2 Å². The fourth-order valence-corrected chi connectivity index (χ4v) is 4.79. The molecule has 1 heterocycles. The van der Waals surface area contributed by atoms with Crippen molar-refractivity contribution < 1.29 is 34.0 Å². The summed E-state index contributed by atoms with van der Waals surface area (Å²) in [5, 5.41) is 21.6. The summed E-state index contributed by atoms with van der Waals surface area (Å²) in [6.07, 6.45) is 0. The van der Waals surface area contributed by atoms with Gasteiger partial charge < -0.3 is 24.4 Å². The molecule has 1 amide bonds. The maximum absolute atomic E-state index is 13.4. The van der Waals surface area contributed by atoms with Crippen molar-refractivity contribution in [3.05, 3.63) is 81.8 Å². The molecule has 1 aliphatic rings.